The molecule has 0 saturated carbocycles. The van der Waals surface area contributed by atoms with Crippen molar-refractivity contribution in [2.45, 2.75) is 0 Å². The number of benzene rings is 2. The maximum atomic E-state index is 11.2. The lowest BCUT2D eigenvalue weighted by Gasteiger charge is -2.05. The molecule has 0 aliphatic rings. The van der Waals surface area contributed by atoms with Gasteiger partial charge in [0.2, 0.25) is 5.82 Å². The first-order valence-electron chi connectivity index (χ1n) is 7.02. The normalized spacial score (nSPS) is 10.4. The molecule has 0 fully saturated rings. The standard InChI is InChI=1S/C17H14N2O5/c1-22-12-6-3-10(4-7-12)15-18-16(24-19-15)13-9-11(17(20)21)5-8-14(13)23-2/h3-9H,1-2H3,(H,20,21). The molecule has 24 heavy (non-hydrogen) atoms. The molecular formula is C17H14N2O5. The molecule has 0 amide bonds. The Morgan fingerprint density at radius 1 is 1.08 bits per heavy atom. The smallest absolute Gasteiger partial charge is 0.335 e. The molecular weight excluding hydrogens is 312 g/mol. The Hall–Kier alpha value is -3.35. The van der Waals surface area contributed by atoms with Crippen molar-refractivity contribution in [3.63, 3.8) is 0 Å². The lowest BCUT2D eigenvalue weighted by molar-refractivity contribution is 0.0697. The van der Waals surface area contributed by atoms with E-state index in [4.69, 9.17) is 19.1 Å². The maximum Gasteiger partial charge on any atom is 0.335 e. The number of carbonyl (C=O) groups is 1. The van der Waals surface area contributed by atoms with E-state index in [9.17, 15) is 4.79 Å². The van der Waals surface area contributed by atoms with Crippen molar-refractivity contribution in [3.05, 3.63) is 48.0 Å². The van der Waals surface area contributed by atoms with Crippen molar-refractivity contribution in [3.8, 4) is 34.3 Å². The van der Waals surface area contributed by atoms with E-state index < -0.39 is 5.97 Å². The first kappa shape index (κ1) is 15.5. The summed E-state index contributed by atoms with van der Waals surface area (Å²) in [6, 6.07) is 11.6. The van der Waals surface area contributed by atoms with Gasteiger partial charge in [0.05, 0.1) is 25.3 Å². The highest BCUT2D eigenvalue weighted by Gasteiger charge is 2.17. The number of rotatable bonds is 5. The number of aromatic carboxylic acids is 1. The molecule has 2 aromatic carbocycles. The van der Waals surface area contributed by atoms with Crippen molar-refractivity contribution in [2.75, 3.05) is 14.2 Å². The van der Waals surface area contributed by atoms with Gasteiger partial charge in [0, 0.05) is 5.56 Å². The second-order valence-electron chi connectivity index (χ2n) is 4.87. The summed E-state index contributed by atoms with van der Waals surface area (Å²) < 4.78 is 15.6. The third-order valence-electron chi connectivity index (χ3n) is 3.45. The third-order valence-corrected chi connectivity index (χ3v) is 3.45. The Balaban J connectivity index is 2.00. The summed E-state index contributed by atoms with van der Waals surface area (Å²) in [6.45, 7) is 0. The second kappa shape index (κ2) is 6.41. The topological polar surface area (TPSA) is 94.7 Å². The summed E-state index contributed by atoms with van der Waals surface area (Å²) in [4.78, 5) is 15.5. The molecule has 0 aliphatic heterocycles. The summed E-state index contributed by atoms with van der Waals surface area (Å²) in [5.41, 5.74) is 1.28. The van der Waals surface area contributed by atoms with Crippen LogP contribution in [0.2, 0.25) is 0 Å². The van der Waals surface area contributed by atoms with Crippen molar-refractivity contribution < 1.29 is 23.9 Å². The lowest BCUT2D eigenvalue weighted by Crippen LogP contribution is -1.98. The predicted molar refractivity (Wildman–Crippen MR) is 85.2 cm³/mol. The summed E-state index contributed by atoms with van der Waals surface area (Å²) in [5.74, 6) is 0.688. The van der Waals surface area contributed by atoms with Gasteiger partial charge in [-0.05, 0) is 42.5 Å². The number of aromatic nitrogens is 2. The van der Waals surface area contributed by atoms with E-state index in [1.807, 2.05) is 0 Å². The van der Waals surface area contributed by atoms with Gasteiger partial charge in [0.1, 0.15) is 11.5 Å². The molecule has 0 spiro atoms. The van der Waals surface area contributed by atoms with E-state index >= 15 is 0 Å². The largest absolute Gasteiger partial charge is 0.497 e. The molecule has 1 heterocycles. The molecule has 1 N–H and O–H groups in total. The van der Waals surface area contributed by atoms with Crippen LogP contribution >= 0.6 is 0 Å². The second-order valence-corrected chi connectivity index (χ2v) is 4.87. The highest BCUT2D eigenvalue weighted by Crippen LogP contribution is 2.31. The van der Waals surface area contributed by atoms with Crippen LogP contribution in [-0.4, -0.2) is 35.4 Å². The lowest BCUT2D eigenvalue weighted by atomic mass is 10.1. The SMILES string of the molecule is COc1ccc(-c2noc(-c3cc(C(=O)O)ccc3OC)n2)cc1. The van der Waals surface area contributed by atoms with Crippen molar-refractivity contribution in [1.29, 1.82) is 0 Å². The van der Waals surface area contributed by atoms with E-state index in [1.165, 1.54) is 19.2 Å². The van der Waals surface area contributed by atoms with Gasteiger partial charge in [-0.15, -0.1) is 0 Å². The Kier molecular flexibility index (Phi) is 4.15. The van der Waals surface area contributed by atoms with Crippen LogP contribution in [0.5, 0.6) is 11.5 Å². The van der Waals surface area contributed by atoms with E-state index in [-0.39, 0.29) is 11.5 Å². The Labute approximate surface area is 137 Å². The van der Waals surface area contributed by atoms with Crippen LogP contribution in [0.4, 0.5) is 0 Å². The molecule has 7 heteroatoms. The Bertz CT molecular complexity index is 871. The first-order chi connectivity index (χ1) is 11.6. The maximum absolute atomic E-state index is 11.2. The average Bonchev–Trinajstić information content (AvgIpc) is 3.11. The van der Waals surface area contributed by atoms with Crippen LogP contribution in [-0.2, 0) is 0 Å². The zero-order chi connectivity index (χ0) is 17.1. The highest BCUT2D eigenvalue weighted by atomic mass is 16.5. The fourth-order valence-electron chi connectivity index (χ4n) is 2.20. The van der Waals surface area contributed by atoms with Gasteiger partial charge in [-0.2, -0.15) is 4.98 Å². The summed E-state index contributed by atoms with van der Waals surface area (Å²) in [5, 5.41) is 13.1. The van der Waals surface area contributed by atoms with E-state index in [1.54, 1.807) is 37.4 Å². The van der Waals surface area contributed by atoms with E-state index in [0.29, 0.717) is 17.1 Å². The van der Waals surface area contributed by atoms with E-state index in [0.717, 1.165) is 11.3 Å². The molecule has 3 rings (SSSR count). The summed E-state index contributed by atoms with van der Waals surface area (Å²) in [7, 11) is 3.07. The van der Waals surface area contributed by atoms with E-state index in [2.05, 4.69) is 10.1 Å². The van der Waals surface area contributed by atoms with Gasteiger partial charge in [-0.1, -0.05) is 5.16 Å². The molecule has 122 valence electrons. The van der Waals surface area contributed by atoms with Gasteiger partial charge in [-0.25, -0.2) is 4.79 Å². The van der Waals surface area contributed by atoms with Gasteiger partial charge >= 0.3 is 5.97 Å². The Morgan fingerprint density at radius 2 is 1.83 bits per heavy atom. The van der Waals surface area contributed by atoms with Crippen molar-refractivity contribution >= 4 is 5.97 Å². The minimum Gasteiger partial charge on any atom is -0.497 e. The minimum absolute atomic E-state index is 0.106. The molecule has 0 bridgehead atoms. The van der Waals surface area contributed by atoms with Gasteiger partial charge < -0.3 is 19.1 Å². The Morgan fingerprint density at radius 3 is 2.46 bits per heavy atom. The molecule has 3 aromatic rings. The quantitative estimate of drug-likeness (QED) is 0.769. The highest BCUT2D eigenvalue weighted by molar-refractivity contribution is 5.89. The average molecular weight is 326 g/mol. The fraction of sp³-hybridized carbons (Fsp3) is 0.118. The first-order valence-corrected chi connectivity index (χ1v) is 7.02. The zero-order valence-electron chi connectivity index (χ0n) is 13.0. The van der Waals surface area contributed by atoms with Crippen LogP contribution in [0.3, 0.4) is 0 Å². The van der Waals surface area contributed by atoms with Crippen molar-refractivity contribution in [2.24, 2.45) is 0 Å². The zero-order valence-corrected chi connectivity index (χ0v) is 13.0. The van der Waals surface area contributed by atoms with Crippen LogP contribution in [0.25, 0.3) is 22.8 Å². The summed E-state index contributed by atoms with van der Waals surface area (Å²) >= 11 is 0. The monoisotopic (exact) mass is 326 g/mol. The number of methoxy groups -OCH3 is 2. The minimum atomic E-state index is -1.05. The number of nitrogens with zero attached hydrogens (tertiary/aromatic N) is 2. The van der Waals surface area contributed by atoms with Crippen LogP contribution in [0.1, 0.15) is 10.4 Å². The van der Waals surface area contributed by atoms with Crippen LogP contribution < -0.4 is 9.47 Å². The number of carboxylic acids is 1. The van der Waals surface area contributed by atoms with Gasteiger partial charge in [0.15, 0.2) is 0 Å². The molecule has 0 saturated heterocycles. The molecule has 0 atom stereocenters. The number of ether oxygens (including phenoxy) is 2. The summed E-state index contributed by atoms with van der Waals surface area (Å²) in [6.07, 6.45) is 0. The van der Waals surface area contributed by atoms with Gasteiger partial charge in [-0.3, -0.25) is 0 Å². The molecule has 0 radical (unpaired) electrons. The molecule has 0 aliphatic carbocycles. The predicted octanol–water partition coefficient (Wildman–Crippen LogP) is 3.12. The molecule has 7 nitrogen and oxygen atoms in total. The molecule has 0 unspecified atom stereocenters. The van der Waals surface area contributed by atoms with Crippen LogP contribution in [0, 0.1) is 0 Å². The fourth-order valence-corrected chi connectivity index (χ4v) is 2.20. The molecule has 1 aromatic heterocycles. The van der Waals surface area contributed by atoms with Gasteiger partial charge in [0.25, 0.3) is 5.89 Å². The van der Waals surface area contributed by atoms with Crippen molar-refractivity contribution in [1.82, 2.24) is 10.1 Å². The van der Waals surface area contributed by atoms with Crippen LogP contribution in [0.15, 0.2) is 47.0 Å². The number of carboxylic acid groups (broad SMARTS) is 1. The number of hydrogen-bond donors (Lipinski definition) is 1. The third kappa shape index (κ3) is 2.91. The number of hydrogen-bond acceptors (Lipinski definition) is 6.